The van der Waals surface area contributed by atoms with Gasteiger partial charge in [-0.2, -0.15) is 0 Å². The number of methoxy groups -OCH3 is 1. The van der Waals surface area contributed by atoms with Gasteiger partial charge in [0, 0.05) is 11.3 Å². The number of halogens is 1. The zero-order valence-corrected chi connectivity index (χ0v) is 18.8. The maximum atomic E-state index is 12.3. The maximum absolute atomic E-state index is 12.3. The summed E-state index contributed by atoms with van der Waals surface area (Å²) in [5, 5.41) is 0. The van der Waals surface area contributed by atoms with Crippen molar-refractivity contribution >= 4 is 54.7 Å². The lowest BCUT2D eigenvalue weighted by atomic mass is 10.1. The molecule has 0 amide bonds. The minimum Gasteiger partial charge on any atom is -0.497 e. The first-order chi connectivity index (χ1) is 14.3. The van der Waals surface area contributed by atoms with E-state index in [0.29, 0.717) is 20.8 Å². The summed E-state index contributed by atoms with van der Waals surface area (Å²) in [5.41, 5.74) is 0.887. The molecular formula is C20H16BrNO6S2. The second-order valence-corrected chi connectivity index (χ2v) is 10.3. The molecule has 0 saturated carbocycles. The molecule has 0 aliphatic rings. The van der Waals surface area contributed by atoms with E-state index >= 15 is 0 Å². The molecule has 0 unspecified atom stereocenters. The Morgan fingerprint density at radius 3 is 2.17 bits per heavy atom. The molecule has 0 fully saturated rings. The number of hydrogen-bond donors (Lipinski definition) is 1. The van der Waals surface area contributed by atoms with Crippen molar-refractivity contribution in [2.45, 2.75) is 4.21 Å². The first-order valence-corrected chi connectivity index (χ1v) is 11.6. The normalized spacial score (nSPS) is 11.0. The summed E-state index contributed by atoms with van der Waals surface area (Å²) in [6.45, 7) is -0.410. The number of rotatable bonds is 8. The van der Waals surface area contributed by atoms with E-state index in [1.165, 1.54) is 37.4 Å². The highest BCUT2D eigenvalue weighted by molar-refractivity contribution is 9.11. The number of esters is 1. The second kappa shape index (κ2) is 9.41. The standard InChI is InChI=1S/C20H16BrNO6S2/c1-27-16-8-4-13(5-9-16)17(23)12-28-20(24)14-2-6-15(7-3-14)22-30(25,26)19-11-10-18(21)29-19/h2-11,22H,12H2,1H3. The number of hydrogen-bond acceptors (Lipinski definition) is 7. The van der Waals surface area contributed by atoms with Crippen molar-refractivity contribution in [2.75, 3.05) is 18.4 Å². The van der Waals surface area contributed by atoms with Crippen molar-refractivity contribution in [1.82, 2.24) is 0 Å². The number of ether oxygens (including phenoxy) is 2. The lowest BCUT2D eigenvalue weighted by Gasteiger charge is -2.08. The van der Waals surface area contributed by atoms with Crippen LogP contribution in [0.15, 0.2) is 68.7 Å². The molecule has 0 aliphatic heterocycles. The SMILES string of the molecule is COc1ccc(C(=O)COC(=O)c2ccc(NS(=O)(=O)c3ccc(Br)s3)cc2)cc1. The van der Waals surface area contributed by atoms with Crippen LogP contribution in [-0.4, -0.2) is 33.9 Å². The summed E-state index contributed by atoms with van der Waals surface area (Å²) >= 11 is 4.31. The van der Waals surface area contributed by atoms with Gasteiger partial charge in [0.15, 0.2) is 12.4 Å². The van der Waals surface area contributed by atoms with Crippen LogP contribution in [0.1, 0.15) is 20.7 Å². The molecular weight excluding hydrogens is 494 g/mol. The minimum absolute atomic E-state index is 0.162. The van der Waals surface area contributed by atoms with E-state index in [1.54, 1.807) is 30.3 Å². The molecule has 3 aromatic rings. The number of carbonyl (C=O) groups is 2. The van der Waals surface area contributed by atoms with Crippen LogP contribution in [0.2, 0.25) is 0 Å². The lowest BCUT2D eigenvalue weighted by Crippen LogP contribution is -2.14. The maximum Gasteiger partial charge on any atom is 0.338 e. The minimum atomic E-state index is -3.71. The average molecular weight is 510 g/mol. The Morgan fingerprint density at radius 1 is 0.967 bits per heavy atom. The van der Waals surface area contributed by atoms with Gasteiger partial charge in [0.05, 0.1) is 16.5 Å². The molecule has 1 aromatic heterocycles. The van der Waals surface area contributed by atoms with Crippen LogP contribution >= 0.6 is 27.3 Å². The van der Waals surface area contributed by atoms with Gasteiger partial charge in [0.1, 0.15) is 9.96 Å². The van der Waals surface area contributed by atoms with E-state index in [2.05, 4.69) is 20.7 Å². The summed E-state index contributed by atoms with van der Waals surface area (Å²) in [6, 6.07) is 15.3. The molecule has 1 N–H and O–H groups in total. The van der Waals surface area contributed by atoms with Crippen molar-refractivity contribution in [3.63, 3.8) is 0 Å². The fraction of sp³-hybridized carbons (Fsp3) is 0.100. The van der Waals surface area contributed by atoms with Gasteiger partial charge in [0.25, 0.3) is 10.0 Å². The van der Waals surface area contributed by atoms with Crippen molar-refractivity contribution in [3.05, 3.63) is 75.6 Å². The number of carbonyl (C=O) groups excluding carboxylic acids is 2. The lowest BCUT2D eigenvalue weighted by molar-refractivity contribution is 0.0475. The van der Waals surface area contributed by atoms with Crippen LogP contribution in [0.3, 0.4) is 0 Å². The van der Waals surface area contributed by atoms with E-state index in [9.17, 15) is 18.0 Å². The highest BCUT2D eigenvalue weighted by atomic mass is 79.9. The van der Waals surface area contributed by atoms with Gasteiger partial charge in [-0.1, -0.05) is 0 Å². The number of anilines is 1. The number of benzene rings is 2. The van der Waals surface area contributed by atoms with Crippen molar-refractivity contribution in [3.8, 4) is 5.75 Å². The van der Waals surface area contributed by atoms with E-state index in [-0.39, 0.29) is 15.6 Å². The molecule has 0 bridgehead atoms. The monoisotopic (exact) mass is 509 g/mol. The van der Waals surface area contributed by atoms with Gasteiger partial charge < -0.3 is 9.47 Å². The fourth-order valence-electron chi connectivity index (χ4n) is 2.40. The van der Waals surface area contributed by atoms with Gasteiger partial charge in [-0.3, -0.25) is 9.52 Å². The van der Waals surface area contributed by atoms with Crippen molar-refractivity contribution in [2.24, 2.45) is 0 Å². The fourth-order valence-corrected chi connectivity index (χ4v) is 5.47. The van der Waals surface area contributed by atoms with Crippen LogP contribution in [-0.2, 0) is 14.8 Å². The van der Waals surface area contributed by atoms with Crippen LogP contribution in [0.5, 0.6) is 5.75 Å². The van der Waals surface area contributed by atoms with Gasteiger partial charge >= 0.3 is 5.97 Å². The molecule has 0 radical (unpaired) electrons. The highest BCUT2D eigenvalue weighted by Gasteiger charge is 2.17. The Bertz CT molecular complexity index is 1150. The Kier molecular flexibility index (Phi) is 6.91. The summed E-state index contributed by atoms with van der Waals surface area (Å²) in [4.78, 5) is 24.3. The molecule has 0 aliphatic carbocycles. The van der Waals surface area contributed by atoms with Gasteiger partial charge in [-0.05, 0) is 76.6 Å². The summed E-state index contributed by atoms with van der Waals surface area (Å²) in [6.07, 6.45) is 0. The number of nitrogens with one attached hydrogen (secondary N) is 1. The molecule has 3 rings (SSSR count). The largest absolute Gasteiger partial charge is 0.497 e. The quantitative estimate of drug-likeness (QED) is 0.357. The average Bonchev–Trinajstić information content (AvgIpc) is 3.19. The third kappa shape index (κ3) is 5.47. The number of thiophene rings is 1. The highest BCUT2D eigenvalue weighted by Crippen LogP contribution is 2.27. The molecule has 0 atom stereocenters. The van der Waals surface area contributed by atoms with Crippen LogP contribution in [0, 0.1) is 0 Å². The Morgan fingerprint density at radius 2 is 1.60 bits per heavy atom. The third-order valence-electron chi connectivity index (χ3n) is 3.93. The number of ketones is 1. The third-order valence-corrected chi connectivity index (χ3v) is 7.43. The molecule has 30 heavy (non-hydrogen) atoms. The molecule has 0 spiro atoms. The van der Waals surface area contributed by atoms with Crippen molar-refractivity contribution in [1.29, 1.82) is 0 Å². The molecule has 2 aromatic carbocycles. The van der Waals surface area contributed by atoms with E-state index in [0.717, 1.165) is 11.3 Å². The first-order valence-electron chi connectivity index (χ1n) is 8.51. The Labute approximate surface area is 185 Å². The first kappa shape index (κ1) is 22.0. The second-order valence-electron chi connectivity index (χ2n) is 5.97. The molecule has 156 valence electrons. The van der Waals surface area contributed by atoms with E-state index in [4.69, 9.17) is 9.47 Å². The Balaban J connectivity index is 1.58. The van der Waals surface area contributed by atoms with E-state index in [1.807, 2.05) is 0 Å². The van der Waals surface area contributed by atoms with Crippen LogP contribution in [0.25, 0.3) is 0 Å². The molecule has 0 saturated heterocycles. The smallest absolute Gasteiger partial charge is 0.338 e. The Hall–Kier alpha value is -2.69. The molecule has 7 nitrogen and oxygen atoms in total. The van der Waals surface area contributed by atoms with Gasteiger partial charge in [0.2, 0.25) is 0 Å². The number of Topliss-reactive ketones (excluding diaryl/α,β-unsaturated/α-hetero) is 1. The van der Waals surface area contributed by atoms with Gasteiger partial charge in [-0.15, -0.1) is 11.3 Å². The van der Waals surface area contributed by atoms with Crippen LogP contribution in [0.4, 0.5) is 5.69 Å². The number of sulfonamides is 1. The topological polar surface area (TPSA) is 98.8 Å². The zero-order chi connectivity index (χ0) is 21.7. The predicted molar refractivity (Wildman–Crippen MR) is 117 cm³/mol. The molecule has 1 heterocycles. The summed E-state index contributed by atoms with van der Waals surface area (Å²) in [7, 11) is -2.19. The summed E-state index contributed by atoms with van der Waals surface area (Å²) in [5.74, 6) is -0.420. The zero-order valence-electron chi connectivity index (χ0n) is 15.6. The van der Waals surface area contributed by atoms with Crippen LogP contribution < -0.4 is 9.46 Å². The van der Waals surface area contributed by atoms with Crippen molar-refractivity contribution < 1.29 is 27.5 Å². The van der Waals surface area contributed by atoms with E-state index < -0.39 is 22.6 Å². The summed E-state index contributed by atoms with van der Waals surface area (Å²) < 4.78 is 38.0. The molecule has 10 heteroatoms. The predicted octanol–water partition coefficient (Wildman–Crippen LogP) is 4.36. The van der Waals surface area contributed by atoms with Gasteiger partial charge in [-0.25, -0.2) is 13.2 Å².